The number of benzene rings is 1. The van der Waals surface area contributed by atoms with Crippen LogP contribution in [0.15, 0.2) is 18.2 Å². The van der Waals surface area contributed by atoms with Crippen molar-refractivity contribution >= 4 is 23.2 Å². The van der Waals surface area contributed by atoms with Gasteiger partial charge in [0.05, 0.1) is 5.56 Å². The summed E-state index contributed by atoms with van der Waals surface area (Å²) >= 11 is 11.1. The van der Waals surface area contributed by atoms with E-state index in [2.05, 4.69) is 11.8 Å². The summed E-state index contributed by atoms with van der Waals surface area (Å²) in [6.07, 6.45) is 1.51. The minimum Gasteiger partial charge on any atom is -0.206 e. The zero-order valence-corrected chi connectivity index (χ0v) is 9.00. The standard InChI is InChI=1S/C11H9Cl2F/c12-7-3-1-2-4-9-5-6-10(13)8-11(9)14/h5-6,8H,1,3,7H2. The molecule has 3 heteroatoms. The molecule has 0 heterocycles. The van der Waals surface area contributed by atoms with Crippen LogP contribution in [0.5, 0.6) is 0 Å². The Hall–Kier alpha value is -0.710. The maximum atomic E-state index is 13.1. The summed E-state index contributed by atoms with van der Waals surface area (Å²) in [4.78, 5) is 0. The average Bonchev–Trinajstić information content (AvgIpc) is 2.15. The van der Waals surface area contributed by atoms with Gasteiger partial charge in [-0.1, -0.05) is 23.4 Å². The van der Waals surface area contributed by atoms with E-state index in [1.165, 1.54) is 6.07 Å². The van der Waals surface area contributed by atoms with Crippen LogP contribution >= 0.6 is 23.2 Å². The van der Waals surface area contributed by atoms with Gasteiger partial charge in [-0.05, 0) is 24.6 Å². The summed E-state index contributed by atoms with van der Waals surface area (Å²) in [5.74, 6) is 5.78. The first-order chi connectivity index (χ1) is 6.74. The zero-order valence-electron chi connectivity index (χ0n) is 7.49. The van der Waals surface area contributed by atoms with Crippen LogP contribution in [0, 0.1) is 17.7 Å². The molecule has 0 saturated heterocycles. The van der Waals surface area contributed by atoms with Crippen LogP contribution in [0.2, 0.25) is 5.02 Å². The lowest BCUT2D eigenvalue weighted by Crippen LogP contribution is -1.82. The predicted molar refractivity (Wildman–Crippen MR) is 58.2 cm³/mol. The molecule has 0 atom stereocenters. The van der Waals surface area contributed by atoms with E-state index in [0.717, 1.165) is 6.42 Å². The van der Waals surface area contributed by atoms with Crippen LogP contribution in [-0.2, 0) is 0 Å². The van der Waals surface area contributed by atoms with Gasteiger partial charge in [-0.2, -0.15) is 0 Å². The van der Waals surface area contributed by atoms with Crippen molar-refractivity contribution in [1.82, 2.24) is 0 Å². The van der Waals surface area contributed by atoms with Crippen molar-refractivity contribution in [1.29, 1.82) is 0 Å². The van der Waals surface area contributed by atoms with Crippen LogP contribution < -0.4 is 0 Å². The Morgan fingerprint density at radius 3 is 2.79 bits per heavy atom. The molecule has 0 radical (unpaired) electrons. The highest BCUT2D eigenvalue weighted by molar-refractivity contribution is 6.30. The van der Waals surface area contributed by atoms with Crippen LogP contribution in [-0.4, -0.2) is 5.88 Å². The van der Waals surface area contributed by atoms with Gasteiger partial charge in [-0.25, -0.2) is 4.39 Å². The van der Waals surface area contributed by atoms with Crippen LogP contribution in [0.3, 0.4) is 0 Å². The predicted octanol–water partition coefficient (Wildman–Crippen LogP) is 3.85. The van der Waals surface area contributed by atoms with Crippen molar-refractivity contribution in [2.45, 2.75) is 12.8 Å². The highest BCUT2D eigenvalue weighted by atomic mass is 35.5. The second kappa shape index (κ2) is 5.90. The minimum atomic E-state index is -0.379. The third kappa shape index (κ3) is 3.57. The summed E-state index contributed by atoms with van der Waals surface area (Å²) in [6, 6.07) is 4.45. The second-order valence-electron chi connectivity index (χ2n) is 2.72. The summed E-state index contributed by atoms with van der Waals surface area (Å²) < 4.78 is 13.1. The molecular weight excluding hydrogens is 222 g/mol. The monoisotopic (exact) mass is 230 g/mol. The first-order valence-electron chi connectivity index (χ1n) is 4.24. The molecule has 0 aromatic heterocycles. The van der Waals surface area contributed by atoms with Gasteiger partial charge < -0.3 is 0 Å². The number of alkyl halides is 1. The van der Waals surface area contributed by atoms with E-state index in [-0.39, 0.29) is 5.82 Å². The van der Waals surface area contributed by atoms with E-state index >= 15 is 0 Å². The Morgan fingerprint density at radius 1 is 1.36 bits per heavy atom. The number of hydrogen-bond acceptors (Lipinski definition) is 0. The second-order valence-corrected chi connectivity index (χ2v) is 3.53. The smallest absolute Gasteiger partial charge is 0.140 e. The van der Waals surface area contributed by atoms with E-state index in [4.69, 9.17) is 23.2 Å². The number of halogens is 3. The number of rotatable bonds is 2. The molecule has 0 saturated carbocycles. The van der Waals surface area contributed by atoms with E-state index < -0.39 is 0 Å². The molecule has 0 fully saturated rings. The molecule has 0 amide bonds. The Morgan fingerprint density at radius 2 is 2.14 bits per heavy atom. The molecule has 0 nitrogen and oxygen atoms in total. The molecule has 1 aromatic carbocycles. The topological polar surface area (TPSA) is 0 Å². The van der Waals surface area contributed by atoms with Crippen molar-refractivity contribution in [3.63, 3.8) is 0 Å². The fraction of sp³-hybridized carbons (Fsp3) is 0.273. The van der Waals surface area contributed by atoms with Crippen molar-refractivity contribution in [2.24, 2.45) is 0 Å². The quantitative estimate of drug-likeness (QED) is 0.412. The lowest BCUT2D eigenvalue weighted by atomic mass is 10.2. The molecule has 0 N–H and O–H groups in total. The first kappa shape index (κ1) is 11.4. The van der Waals surface area contributed by atoms with Gasteiger partial charge in [0.25, 0.3) is 0 Å². The van der Waals surface area contributed by atoms with Gasteiger partial charge in [-0.15, -0.1) is 11.6 Å². The number of hydrogen-bond donors (Lipinski definition) is 0. The molecule has 74 valence electrons. The summed E-state index contributed by atoms with van der Waals surface area (Å²) in [7, 11) is 0. The van der Waals surface area contributed by atoms with Crippen LogP contribution in [0.4, 0.5) is 4.39 Å². The molecule has 0 bridgehead atoms. The number of unbranched alkanes of at least 4 members (excludes halogenated alkanes) is 1. The van der Waals surface area contributed by atoms with Gasteiger partial charge in [0.2, 0.25) is 0 Å². The van der Waals surface area contributed by atoms with Gasteiger partial charge in [-0.3, -0.25) is 0 Å². The van der Waals surface area contributed by atoms with Gasteiger partial charge in [0, 0.05) is 17.3 Å². The van der Waals surface area contributed by atoms with Gasteiger partial charge in [0.1, 0.15) is 5.82 Å². The van der Waals surface area contributed by atoms with Gasteiger partial charge in [0.15, 0.2) is 0 Å². The Bertz CT molecular complexity index is 363. The molecule has 0 unspecified atom stereocenters. The van der Waals surface area contributed by atoms with E-state index in [9.17, 15) is 4.39 Å². The van der Waals surface area contributed by atoms with E-state index in [1.54, 1.807) is 12.1 Å². The molecule has 0 aliphatic carbocycles. The van der Waals surface area contributed by atoms with Crippen molar-refractivity contribution in [2.75, 3.05) is 5.88 Å². The normalized spacial score (nSPS) is 9.36. The first-order valence-corrected chi connectivity index (χ1v) is 5.15. The largest absolute Gasteiger partial charge is 0.206 e. The molecular formula is C11H9Cl2F. The Kier molecular flexibility index (Phi) is 4.79. The zero-order chi connectivity index (χ0) is 10.4. The average molecular weight is 231 g/mol. The fourth-order valence-corrected chi connectivity index (χ4v) is 1.20. The Labute approximate surface area is 93.0 Å². The van der Waals surface area contributed by atoms with Crippen LogP contribution in [0.25, 0.3) is 0 Å². The molecule has 0 spiro atoms. The third-order valence-corrected chi connectivity index (χ3v) is 2.09. The molecule has 14 heavy (non-hydrogen) atoms. The third-order valence-electron chi connectivity index (χ3n) is 1.59. The maximum absolute atomic E-state index is 13.1. The maximum Gasteiger partial charge on any atom is 0.140 e. The SMILES string of the molecule is Fc1cc(Cl)ccc1C#CCCCCl. The summed E-state index contributed by atoms with van der Waals surface area (Å²) in [5.41, 5.74) is 0.379. The van der Waals surface area contributed by atoms with E-state index in [0.29, 0.717) is 22.9 Å². The lowest BCUT2D eigenvalue weighted by Gasteiger charge is -1.94. The van der Waals surface area contributed by atoms with Crippen molar-refractivity contribution in [3.8, 4) is 11.8 Å². The fourth-order valence-electron chi connectivity index (χ4n) is 0.904. The van der Waals surface area contributed by atoms with Crippen molar-refractivity contribution in [3.05, 3.63) is 34.6 Å². The summed E-state index contributed by atoms with van der Waals surface area (Å²) in [6.45, 7) is 0. The van der Waals surface area contributed by atoms with Crippen LogP contribution in [0.1, 0.15) is 18.4 Å². The lowest BCUT2D eigenvalue weighted by molar-refractivity contribution is 0.624. The molecule has 1 rings (SSSR count). The minimum absolute atomic E-state index is 0.379. The molecule has 0 aliphatic rings. The van der Waals surface area contributed by atoms with Crippen molar-refractivity contribution < 1.29 is 4.39 Å². The molecule has 0 aliphatic heterocycles. The summed E-state index contributed by atoms with van der Waals surface area (Å²) in [5, 5.41) is 0.383. The molecule has 1 aromatic rings. The van der Waals surface area contributed by atoms with E-state index in [1.807, 2.05) is 0 Å². The highest BCUT2D eigenvalue weighted by Gasteiger charge is 1.98. The highest BCUT2D eigenvalue weighted by Crippen LogP contribution is 2.13. The Balaban J connectivity index is 2.70. The van der Waals surface area contributed by atoms with Gasteiger partial charge >= 0.3 is 0 Å².